The highest BCUT2D eigenvalue weighted by Crippen LogP contribution is 2.22. The Morgan fingerprint density at radius 2 is 2.31 bits per heavy atom. The molecular weight excluding hydrogens is 188 g/mol. The zero-order valence-corrected chi connectivity index (χ0v) is 8.06. The van der Waals surface area contributed by atoms with Gasteiger partial charge in [-0.3, -0.25) is 4.79 Å². The highest BCUT2D eigenvalue weighted by atomic mass is 35.5. The summed E-state index contributed by atoms with van der Waals surface area (Å²) in [6, 6.07) is 5.34. The van der Waals surface area contributed by atoms with Gasteiger partial charge in [0.2, 0.25) is 5.91 Å². The third kappa shape index (κ3) is 2.44. The largest absolute Gasteiger partial charge is 0.325 e. The highest BCUT2D eigenvalue weighted by Gasteiger charge is 2.04. The second-order valence-corrected chi connectivity index (χ2v) is 3.07. The maximum absolute atomic E-state index is 11.0. The molecule has 1 aromatic rings. The van der Waals surface area contributed by atoms with E-state index in [0.717, 1.165) is 5.56 Å². The molecule has 0 saturated carbocycles. The number of carbonyl (C=O) groups excluding carboxylic acids is 1. The minimum atomic E-state index is -0.217. The van der Waals surface area contributed by atoms with E-state index in [0.29, 0.717) is 10.7 Å². The topological polar surface area (TPSA) is 55.1 Å². The molecule has 0 aliphatic rings. The summed E-state index contributed by atoms with van der Waals surface area (Å²) in [4.78, 5) is 11.0. The van der Waals surface area contributed by atoms with Gasteiger partial charge in [0.15, 0.2) is 0 Å². The number of amides is 1. The molecule has 0 bridgehead atoms. The van der Waals surface area contributed by atoms with Crippen LogP contribution >= 0.6 is 11.6 Å². The van der Waals surface area contributed by atoms with Gasteiger partial charge in [0.25, 0.3) is 0 Å². The van der Waals surface area contributed by atoms with Crippen molar-refractivity contribution >= 4 is 23.2 Å². The number of halogens is 1. The van der Waals surface area contributed by atoms with Crippen LogP contribution in [0, 0.1) is 6.92 Å². The summed E-state index contributed by atoms with van der Waals surface area (Å²) in [6.07, 6.45) is 0. The summed E-state index contributed by atoms with van der Waals surface area (Å²) in [7, 11) is 0. The number of benzene rings is 1. The van der Waals surface area contributed by atoms with Gasteiger partial charge in [-0.25, -0.2) is 0 Å². The third-order valence-electron chi connectivity index (χ3n) is 1.73. The molecular formula is C9H11ClN2O. The summed E-state index contributed by atoms with van der Waals surface area (Å²) in [5, 5.41) is 3.29. The Kier molecular flexibility index (Phi) is 3.28. The maximum Gasteiger partial charge on any atom is 0.238 e. The predicted octanol–water partition coefficient (Wildman–Crippen LogP) is 1.55. The Morgan fingerprint density at radius 1 is 1.62 bits per heavy atom. The van der Waals surface area contributed by atoms with E-state index < -0.39 is 0 Å². The van der Waals surface area contributed by atoms with Crippen LogP contribution in [-0.2, 0) is 4.79 Å². The van der Waals surface area contributed by atoms with Crippen molar-refractivity contribution in [1.82, 2.24) is 0 Å². The molecule has 1 aromatic carbocycles. The first kappa shape index (κ1) is 10.0. The summed E-state index contributed by atoms with van der Waals surface area (Å²) < 4.78 is 0. The summed E-state index contributed by atoms with van der Waals surface area (Å²) in [6.45, 7) is 1.82. The summed E-state index contributed by atoms with van der Waals surface area (Å²) in [5.74, 6) is -0.217. The van der Waals surface area contributed by atoms with E-state index in [9.17, 15) is 4.79 Å². The molecule has 0 heterocycles. The van der Waals surface area contributed by atoms with Gasteiger partial charge in [-0.15, -0.1) is 0 Å². The van der Waals surface area contributed by atoms with Crippen LogP contribution < -0.4 is 11.1 Å². The number of carbonyl (C=O) groups is 1. The molecule has 1 rings (SSSR count). The van der Waals surface area contributed by atoms with Gasteiger partial charge in [0.1, 0.15) is 0 Å². The number of rotatable bonds is 2. The third-order valence-corrected chi connectivity index (χ3v) is 2.14. The lowest BCUT2D eigenvalue weighted by Gasteiger charge is -2.07. The van der Waals surface area contributed by atoms with E-state index in [1.807, 2.05) is 6.92 Å². The van der Waals surface area contributed by atoms with E-state index in [-0.39, 0.29) is 12.5 Å². The van der Waals surface area contributed by atoms with Crippen LogP contribution in [0.4, 0.5) is 5.69 Å². The van der Waals surface area contributed by atoms with Crippen molar-refractivity contribution in [2.24, 2.45) is 5.73 Å². The summed E-state index contributed by atoms with van der Waals surface area (Å²) in [5.41, 5.74) is 6.73. The molecule has 0 unspecified atom stereocenters. The number of nitrogens with one attached hydrogen (secondary N) is 1. The molecule has 13 heavy (non-hydrogen) atoms. The van der Waals surface area contributed by atoms with Gasteiger partial charge >= 0.3 is 0 Å². The van der Waals surface area contributed by atoms with Crippen molar-refractivity contribution in [3.8, 4) is 0 Å². The molecule has 4 heteroatoms. The molecule has 0 aliphatic heterocycles. The van der Waals surface area contributed by atoms with Gasteiger partial charge in [-0.2, -0.15) is 0 Å². The maximum atomic E-state index is 11.0. The van der Waals surface area contributed by atoms with Crippen LogP contribution in [0.15, 0.2) is 18.2 Å². The molecule has 70 valence electrons. The number of hydrogen-bond acceptors (Lipinski definition) is 2. The predicted molar refractivity (Wildman–Crippen MR) is 53.9 cm³/mol. The standard InChI is InChI=1S/C9H11ClN2O/c1-6-7(10)3-2-4-8(6)12-9(13)5-11/h2-4H,5,11H2,1H3,(H,12,13). The lowest BCUT2D eigenvalue weighted by Crippen LogP contribution is -2.22. The van der Waals surface area contributed by atoms with E-state index in [1.54, 1.807) is 18.2 Å². The minimum absolute atomic E-state index is 0.0219. The average Bonchev–Trinajstić information content (AvgIpc) is 2.13. The molecule has 3 nitrogen and oxygen atoms in total. The van der Waals surface area contributed by atoms with Crippen molar-refractivity contribution in [1.29, 1.82) is 0 Å². The van der Waals surface area contributed by atoms with Gasteiger partial charge in [-0.05, 0) is 24.6 Å². The molecule has 0 saturated heterocycles. The van der Waals surface area contributed by atoms with Gasteiger partial charge < -0.3 is 11.1 Å². The SMILES string of the molecule is Cc1c(Cl)cccc1NC(=O)CN. The van der Waals surface area contributed by atoms with Gasteiger partial charge in [0.05, 0.1) is 6.54 Å². The fourth-order valence-corrected chi connectivity index (χ4v) is 1.12. The van der Waals surface area contributed by atoms with Crippen molar-refractivity contribution in [2.75, 3.05) is 11.9 Å². The molecule has 3 N–H and O–H groups in total. The van der Waals surface area contributed by atoms with E-state index in [4.69, 9.17) is 17.3 Å². The molecule has 0 atom stereocenters. The van der Waals surface area contributed by atoms with E-state index >= 15 is 0 Å². The highest BCUT2D eigenvalue weighted by molar-refractivity contribution is 6.31. The fraction of sp³-hybridized carbons (Fsp3) is 0.222. The van der Waals surface area contributed by atoms with E-state index in [2.05, 4.69) is 5.32 Å². The minimum Gasteiger partial charge on any atom is -0.325 e. The molecule has 0 aliphatic carbocycles. The van der Waals surface area contributed by atoms with E-state index in [1.165, 1.54) is 0 Å². The normalized spacial score (nSPS) is 9.77. The Balaban J connectivity index is 2.89. The molecule has 0 radical (unpaired) electrons. The van der Waals surface area contributed by atoms with Crippen LogP contribution in [0.3, 0.4) is 0 Å². The Morgan fingerprint density at radius 3 is 2.92 bits per heavy atom. The quantitative estimate of drug-likeness (QED) is 0.758. The van der Waals surface area contributed by atoms with Crippen LogP contribution in [0.1, 0.15) is 5.56 Å². The number of hydrogen-bond donors (Lipinski definition) is 2. The van der Waals surface area contributed by atoms with Gasteiger partial charge in [-0.1, -0.05) is 17.7 Å². The first-order valence-electron chi connectivity index (χ1n) is 3.90. The van der Waals surface area contributed by atoms with Crippen LogP contribution in [0.2, 0.25) is 5.02 Å². The lowest BCUT2D eigenvalue weighted by molar-refractivity contribution is -0.114. The monoisotopic (exact) mass is 198 g/mol. The molecule has 0 spiro atoms. The lowest BCUT2D eigenvalue weighted by atomic mass is 10.2. The van der Waals surface area contributed by atoms with Crippen molar-refractivity contribution < 1.29 is 4.79 Å². The fourth-order valence-electron chi connectivity index (χ4n) is 0.944. The van der Waals surface area contributed by atoms with Gasteiger partial charge in [0, 0.05) is 10.7 Å². The molecule has 0 aromatic heterocycles. The Bertz CT molecular complexity index is 325. The van der Waals surface area contributed by atoms with Crippen LogP contribution in [-0.4, -0.2) is 12.5 Å². The van der Waals surface area contributed by atoms with Crippen LogP contribution in [0.25, 0.3) is 0 Å². The van der Waals surface area contributed by atoms with Crippen molar-refractivity contribution in [3.63, 3.8) is 0 Å². The van der Waals surface area contributed by atoms with Crippen LogP contribution in [0.5, 0.6) is 0 Å². The zero-order valence-electron chi connectivity index (χ0n) is 7.30. The number of nitrogens with two attached hydrogens (primary N) is 1. The van der Waals surface area contributed by atoms with Crippen molar-refractivity contribution in [3.05, 3.63) is 28.8 Å². The molecule has 1 amide bonds. The molecule has 0 fully saturated rings. The second kappa shape index (κ2) is 4.25. The average molecular weight is 199 g/mol. The van der Waals surface area contributed by atoms with Crippen molar-refractivity contribution in [2.45, 2.75) is 6.92 Å². The summed E-state index contributed by atoms with van der Waals surface area (Å²) >= 11 is 5.86. The first-order chi connectivity index (χ1) is 6.15. The Hall–Kier alpha value is -1.06. The first-order valence-corrected chi connectivity index (χ1v) is 4.28. The number of anilines is 1. The Labute approximate surface area is 81.9 Å². The second-order valence-electron chi connectivity index (χ2n) is 2.66. The smallest absolute Gasteiger partial charge is 0.238 e. The zero-order chi connectivity index (χ0) is 9.84.